The molecule has 0 radical (unpaired) electrons. The molecule has 0 spiro atoms. The molecule has 4 aromatic rings. The normalized spacial score (nSPS) is 10.5. The first kappa shape index (κ1) is 20.2. The van der Waals surface area contributed by atoms with Crippen molar-refractivity contribution >= 4 is 11.6 Å². The van der Waals surface area contributed by atoms with Crippen molar-refractivity contribution in [2.75, 3.05) is 19.0 Å². The van der Waals surface area contributed by atoms with E-state index in [0.29, 0.717) is 18.0 Å². The predicted octanol–water partition coefficient (Wildman–Crippen LogP) is 4.59. The molecule has 7 nitrogen and oxygen atoms in total. The van der Waals surface area contributed by atoms with Crippen molar-refractivity contribution in [3.63, 3.8) is 0 Å². The van der Waals surface area contributed by atoms with Crippen LogP contribution in [0.25, 0.3) is 16.9 Å². The Morgan fingerprint density at radius 2 is 1.77 bits per heavy atom. The van der Waals surface area contributed by atoms with Crippen LogP contribution in [-0.4, -0.2) is 34.4 Å². The Morgan fingerprint density at radius 1 is 1.03 bits per heavy atom. The maximum Gasteiger partial charge on any atom is 0.276 e. The number of nitrogens with zero attached hydrogens (tertiary/aromatic N) is 3. The summed E-state index contributed by atoms with van der Waals surface area (Å²) in [4.78, 5) is 17.1. The molecule has 2 aromatic carbocycles. The molecule has 0 aliphatic rings. The summed E-state index contributed by atoms with van der Waals surface area (Å²) in [6.45, 7) is 2.51. The van der Waals surface area contributed by atoms with Crippen LogP contribution in [-0.2, 0) is 0 Å². The van der Waals surface area contributed by atoms with Crippen LogP contribution in [0, 0.1) is 0 Å². The van der Waals surface area contributed by atoms with Crippen LogP contribution in [0.15, 0.2) is 79.1 Å². The van der Waals surface area contributed by atoms with E-state index in [4.69, 9.17) is 9.47 Å². The van der Waals surface area contributed by atoms with E-state index in [1.165, 1.54) is 0 Å². The van der Waals surface area contributed by atoms with E-state index in [0.717, 1.165) is 28.4 Å². The molecule has 7 heteroatoms. The number of hydrogen-bond acceptors (Lipinski definition) is 5. The number of benzene rings is 2. The molecule has 1 amide bonds. The number of anilines is 1. The Hall–Kier alpha value is -4.13. The minimum Gasteiger partial charge on any atom is -0.497 e. The Bertz CT molecular complexity index is 1150. The zero-order chi connectivity index (χ0) is 21.6. The van der Waals surface area contributed by atoms with Crippen LogP contribution >= 0.6 is 0 Å². The fraction of sp³-hybridized carbons (Fsp3) is 0.125. The highest BCUT2D eigenvalue weighted by Crippen LogP contribution is 2.25. The molecular formula is C24H22N4O3. The van der Waals surface area contributed by atoms with E-state index in [9.17, 15) is 4.79 Å². The van der Waals surface area contributed by atoms with Gasteiger partial charge < -0.3 is 14.8 Å². The minimum absolute atomic E-state index is 0.295. The van der Waals surface area contributed by atoms with E-state index in [1.54, 1.807) is 42.4 Å². The quantitative estimate of drug-likeness (QED) is 0.478. The van der Waals surface area contributed by atoms with Crippen molar-refractivity contribution in [2.24, 2.45) is 0 Å². The zero-order valence-corrected chi connectivity index (χ0v) is 17.3. The average Bonchev–Trinajstić information content (AvgIpc) is 3.27. The van der Waals surface area contributed by atoms with Gasteiger partial charge in [-0.3, -0.25) is 9.78 Å². The molecule has 0 saturated carbocycles. The highest BCUT2D eigenvalue weighted by Gasteiger charge is 2.17. The lowest BCUT2D eigenvalue weighted by molar-refractivity contribution is 0.102. The molecule has 156 valence electrons. The number of rotatable bonds is 7. The summed E-state index contributed by atoms with van der Waals surface area (Å²) in [6.07, 6.45) is 3.45. The van der Waals surface area contributed by atoms with Gasteiger partial charge in [0.05, 0.1) is 25.1 Å². The molecule has 0 unspecified atom stereocenters. The van der Waals surface area contributed by atoms with Gasteiger partial charge in [-0.15, -0.1) is 0 Å². The second-order valence-electron chi connectivity index (χ2n) is 6.68. The number of pyridine rings is 1. The number of carbonyl (C=O) groups is 1. The van der Waals surface area contributed by atoms with Gasteiger partial charge in [0, 0.05) is 23.6 Å². The van der Waals surface area contributed by atoms with E-state index >= 15 is 0 Å². The molecule has 0 saturated heterocycles. The van der Waals surface area contributed by atoms with Gasteiger partial charge >= 0.3 is 0 Å². The Balaban J connectivity index is 1.66. The highest BCUT2D eigenvalue weighted by molar-refractivity contribution is 6.03. The van der Waals surface area contributed by atoms with E-state index < -0.39 is 0 Å². The van der Waals surface area contributed by atoms with E-state index in [1.807, 2.05) is 55.5 Å². The first-order valence-corrected chi connectivity index (χ1v) is 9.87. The van der Waals surface area contributed by atoms with Crippen LogP contribution in [0.5, 0.6) is 11.5 Å². The monoisotopic (exact) mass is 414 g/mol. The lowest BCUT2D eigenvalue weighted by Crippen LogP contribution is -2.13. The predicted molar refractivity (Wildman–Crippen MR) is 119 cm³/mol. The molecule has 0 fully saturated rings. The molecule has 0 atom stereocenters. The summed E-state index contributed by atoms with van der Waals surface area (Å²) in [5.41, 5.74) is 3.37. The van der Waals surface area contributed by atoms with Crippen LogP contribution in [0.1, 0.15) is 17.4 Å². The van der Waals surface area contributed by atoms with Gasteiger partial charge in [-0.2, -0.15) is 5.10 Å². The lowest BCUT2D eigenvalue weighted by Gasteiger charge is -2.08. The summed E-state index contributed by atoms with van der Waals surface area (Å²) in [5, 5.41) is 7.45. The van der Waals surface area contributed by atoms with Gasteiger partial charge in [0.2, 0.25) is 0 Å². The lowest BCUT2D eigenvalue weighted by atomic mass is 10.2. The van der Waals surface area contributed by atoms with Crippen molar-refractivity contribution in [2.45, 2.75) is 6.92 Å². The standard InChI is InChI=1S/C24H22N4O3/c1-3-31-21-10-6-18(7-11-21)26-24(29)22-15-23(17-5-4-14-25-16-17)28(27-22)19-8-12-20(30-2)13-9-19/h4-16H,3H2,1-2H3,(H,26,29). The molecule has 31 heavy (non-hydrogen) atoms. The summed E-state index contributed by atoms with van der Waals surface area (Å²) in [5.74, 6) is 1.19. The molecule has 0 aliphatic carbocycles. The van der Waals surface area contributed by atoms with Gasteiger partial charge in [0.15, 0.2) is 5.69 Å². The molecule has 2 heterocycles. The maximum atomic E-state index is 12.9. The van der Waals surface area contributed by atoms with Crippen molar-refractivity contribution in [1.82, 2.24) is 14.8 Å². The van der Waals surface area contributed by atoms with Crippen molar-refractivity contribution < 1.29 is 14.3 Å². The number of hydrogen-bond donors (Lipinski definition) is 1. The smallest absolute Gasteiger partial charge is 0.276 e. The summed E-state index contributed by atoms with van der Waals surface area (Å²) >= 11 is 0. The molecular weight excluding hydrogens is 392 g/mol. The minimum atomic E-state index is -0.304. The summed E-state index contributed by atoms with van der Waals surface area (Å²) in [6, 6.07) is 20.2. The van der Waals surface area contributed by atoms with Crippen LogP contribution in [0.3, 0.4) is 0 Å². The molecule has 4 rings (SSSR count). The third-order valence-corrected chi connectivity index (χ3v) is 4.64. The van der Waals surface area contributed by atoms with E-state index in [-0.39, 0.29) is 5.91 Å². The van der Waals surface area contributed by atoms with E-state index in [2.05, 4.69) is 15.4 Å². The average molecular weight is 414 g/mol. The van der Waals surface area contributed by atoms with Gasteiger partial charge in [-0.1, -0.05) is 0 Å². The van der Waals surface area contributed by atoms with Gasteiger partial charge in [-0.25, -0.2) is 4.68 Å². The fourth-order valence-electron chi connectivity index (χ4n) is 3.13. The fourth-order valence-corrected chi connectivity index (χ4v) is 3.13. The first-order valence-electron chi connectivity index (χ1n) is 9.87. The second kappa shape index (κ2) is 9.13. The number of carbonyl (C=O) groups excluding carboxylic acids is 1. The van der Waals surface area contributed by atoms with Gasteiger partial charge in [0.1, 0.15) is 11.5 Å². The van der Waals surface area contributed by atoms with Crippen molar-refractivity contribution in [3.05, 3.63) is 84.8 Å². The summed E-state index contributed by atoms with van der Waals surface area (Å²) < 4.78 is 12.4. The summed E-state index contributed by atoms with van der Waals surface area (Å²) in [7, 11) is 1.62. The third-order valence-electron chi connectivity index (χ3n) is 4.64. The first-order chi connectivity index (χ1) is 15.2. The van der Waals surface area contributed by atoms with Crippen LogP contribution in [0.2, 0.25) is 0 Å². The Labute approximate surface area is 180 Å². The number of methoxy groups -OCH3 is 1. The van der Waals surface area contributed by atoms with Gasteiger partial charge in [-0.05, 0) is 73.7 Å². The number of aromatic nitrogens is 3. The second-order valence-corrected chi connectivity index (χ2v) is 6.68. The molecule has 0 bridgehead atoms. The molecule has 2 aromatic heterocycles. The SMILES string of the molecule is CCOc1ccc(NC(=O)c2cc(-c3cccnc3)n(-c3ccc(OC)cc3)n2)cc1. The number of amides is 1. The molecule has 0 aliphatic heterocycles. The van der Waals surface area contributed by atoms with Crippen molar-refractivity contribution in [3.8, 4) is 28.4 Å². The topological polar surface area (TPSA) is 78.3 Å². The van der Waals surface area contributed by atoms with Crippen LogP contribution in [0.4, 0.5) is 5.69 Å². The number of nitrogens with one attached hydrogen (secondary N) is 1. The Kier molecular flexibility index (Phi) is 5.93. The Morgan fingerprint density at radius 3 is 2.42 bits per heavy atom. The zero-order valence-electron chi connectivity index (χ0n) is 17.3. The van der Waals surface area contributed by atoms with Crippen LogP contribution < -0.4 is 14.8 Å². The largest absolute Gasteiger partial charge is 0.497 e. The third kappa shape index (κ3) is 4.56. The maximum absolute atomic E-state index is 12.9. The number of ether oxygens (including phenoxy) is 2. The highest BCUT2D eigenvalue weighted by atomic mass is 16.5. The van der Waals surface area contributed by atoms with Gasteiger partial charge in [0.25, 0.3) is 5.91 Å². The molecule has 1 N–H and O–H groups in total. The van der Waals surface area contributed by atoms with Crippen molar-refractivity contribution in [1.29, 1.82) is 0 Å².